The Hall–Kier alpha value is -1.21. The van der Waals surface area contributed by atoms with Gasteiger partial charge >= 0.3 is 6.18 Å². The molecule has 138 valence electrons. The fraction of sp³-hybridized carbons (Fsp3) is 0.278. The number of nitrogens with zero attached hydrogens (tertiary/aromatic N) is 1. The minimum atomic E-state index is -4.54. The van der Waals surface area contributed by atoms with Crippen molar-refractivity contribution in [3.63, 3.8) is 0 Å². The van der Waals surface area contributed by atoms with E-state index in [1.165, 1.54) is 18.2 Å². The second-order valence-electron chi connectivity index (χ2n) is 6.09. The van der Waals surface area contributed by atoms with Crippen molar-refractivity contribution < 1.29 is 18.3 Å². The summed E-state index contributed by atoms with van der Waals surface area (Å²) < 4.78 is 44.0. The molecule has 0 spiro atoms. The summed E-state index contributed by atoms with van der Waals surface area (Å²) in [5.74, 6) is 0. The first-order chi connectivity index (χ1) is 12.2. The van der Waals surface area contributed by atoms with Crippen molar-refractivity contribution in [3.8, 4) is 0 Å². The number of benzene rings is 2. The van der Waals surface area contributed by atoms with Crippen LogP contribution in [0.1, 0.15) is 28.7 Å². The van der Waals surface area contributed by atoms with Gasteiger partial charge in [-0.15, -0.1) is 0 Å². The quantitative estimate of drug-likeness (QED) is 0.610. The lowest BCUT2D eigenvalue weighted by Gasteiger charge is -2.30. The van der Waals surface area contributed by atoms with Crippen molar-refractivity contribution in [1.82, 2.24) is 0 Å². The second kappa shape index (κ2) is 7.08. The highest BCUT2D eigenvalue weighted by molar-refractivity contribution is 7.99. The van der Waals surface area contributed by atoms with Gasteiger partial charge in [-0.25, -0.2) is 4.40 Å². The SMILES string of the molecule is Cc1cc(C2=NSC(c3cc(Cl)cc(Cl)c3)(C(F)(F)F)C2)ccc1CO. The Morgan fingerprint density at radius 2 is 1.81 bits per heavy atom. The van der Waals surface area contributed by atoms with Crippen LogP contribution in [0.15, 0.2) is 40.8 Å². The Morgan fingerprint density at radius 3 is 2.35 bits per heavy atom. The first kappa shape index (κ1) is 19.5. The molecule has 2 aromatic rings. The van der Waals surface area contributed by atoms with Crippen LogP contribution in [0, 0.1) is 6.92 Å². The van der Waals surface area contributed by atoms with E-state index in [2.05, 4.69) is 4.40 Å². The van der Waals surface area contributed by atoms with Crippen molar-refractivity contribution >= 4 is 40.9 Å². The summed E-state index contributed by atoms with van der Waals surface area (Å²) in [7, 11) is 0. The maximum Gasteiger partial charge on any atom is 0.409 e. The first-order valence-electron chi connectivity index (χ1n) is 7.65. The van der Waals surface area contributed by atoms with Crippen LogP contribution < -0.4 is 0 Å². The van der Waals surface area contributed by atoms with Gasteiger partial charge in [0.15, 0.2) is 4.75 Å². The molecule has 0 bridgehead atoms. The molecule has 1 atom stereocenters. The number of aryl methyl sites for hydroxylation is 1. The first-order valence-corrected chi connectivity index (χ1v) is 9.18. The zero-order valence-electron chi connectivity index (χ0n) is 13.6. The third-order valence-electron chi connectivity index (χ3n) is 4.36. The number of aliphatic hydroxyl groups excluding tert-OH is 1. The van der Waals surface area contributed by atoms with E-state index in [1.54, 1.807) is 25.1 Å². The number of alkyl halides is 3. The lowest BCUT2D eigenvalue weighted by Crippen LogP contribution is -2.38. The number of halogens is 5. The fourth-order valence-corrected chi connectivity index (χ4v) is 4.39. The van der Waals surface area contributed by atoms with Gasteiger partial charge in [-0.05, 0) is 65.4 Å². The van der Waals surface area contributed by atoms with Gasteiger partial charge in [-0.3, -0.25) is 0 Å². The molecule has 0 amide bonds. The summed E-state index contributed by atoms with van der Waals surface area (Å²) in [5.41, 5.74) is 2.45. The largest absolute Gasteiger partial charge is 0.409 e. The number of aliphatic hydroxyl groups is 1. The molecule has 1 unspecified atom stereocenters. The number of hydrogen-bond donors (Lipinski definition) is 1. The monoisotopic (exact) mass is 419 g/mol. The molecule has 26 heavy (non-hydrogen) atoms. The minimum absolute atomic E-state index is 0.0186. The van der Waals surface area contributed by atoms with E-state index in [9.17, 15) is 18.3 Å². The van der Waals surface area contributed by atoms with Crippen molar-refractivity contribution in [2.75, 3.05) is 0 Å². The lowest BCUT2D eigenvalue weighted by molar-refractivity contribution is -0.159. The van der Waals surface area contributed by atoms with E-state index in [0.717, 1.165) is 11.1 Å². The predicted molar refractivity (Wildman–Crippen MR) is 100 cm³/mol. The minimum Gasteiger partial charge on any atom is -0.392 e. The van der Waals surface area contributed by atoms with Crippen LogP contribution in [0.2, 0.25) is 10.0 Å². The normalized spacial score (nSPS) is 20.3. The van der Waals surface area contributed by atoms with E-state index in [4.69, 9.17) is 23.2 Å². The Balaban J connectivity index is 2.02. The average molecular weight is 420 g/mol. The molecule has 0 aromatic heterocycles. The molecule has 0 saturated heterocycles. The number of rotatable bonds is 3. The smallest absolute Gasteiger partial charge is 0.392 e. The van der Waals surface area contributed by atoms with Crippen LogP contribution in [-0.4, -0.2) is 17.0 Å². The lowest BCUT2D eigenvalue weighted by atomic mass is 9.89. The third-order valence-corrected chi connectivity index (χ3v) is 6.03. The highest BCUT2D eigenvalue weighted by Crippen LogP contribution is 2.57. The van der Waals surface area contributed by atoms with Gasteiger partial charge in [0.25, 0.3) is 0 Å². The van der Waals surface area contributed by atoms with Crippen molar-refractivity contribution in [1.29, 1.82) is 0 Å². The van der Waals surface area contributed by atoms with Gasteiger partial charge in [0.1, 0.15) is 0 Å². The molecule has 0 radical (unpaired) electrons. The molecule has 8 heteroatoms. The van der Waals surface area contributed by atoms with Crippen LogP contribution in [0.4, 0.5) is 13.2 Å². The molecular weight excluding hydrogens is 406 g/mol. The molecule has 1 aliphatic rings. The van der Waals surface area contributed by atoms with E-state index in [0.29, 0.717) is 23.2 Å². The maximum absolute atomic E-state index is 14.0. The maximum atomic E-state index is 14.0. The highest BCUT2D eigenvalue weighted by atomic mass is 35.5. The average Bonchev–Trinajstić information content (AvgIpc) is 3.00. The highest BCUT2D eigenvalue weighted by Gasteiger charge is 2.60. The topological polar surface area (TPSA) is 32.6 Å². The van der Waals surface area contributed by atoms with E-state index in [-0.39, 0.29) is 28.6 Å². The Kier molecular flexibility index (Phi) is 5.32. The molecule has 2 aromatic carbocycles. The molecule has 0 fully saturated rings. The zero-order chi connectivity index (χ0) is 19.1. The number of hydrogen-bond acceptors (Lipinski definition) is 3. The van der Waals surface area contributed by atoms with Gasteiger partial charge in [-0.2, -0.15) is 13.2 Å². The van der Waals surface area contributed by atoms with Gasteiger partial charge in [-0.1, -0.05) is 35.3 Å². The van der Waals surface area contributed by atoms with E-state index < -0.39 is 10.9 Å². The van der Waals surface area contributed by atoms with Crippen LogP contribution in [-0.2, 0) is 11.4 Å². The van der Waals surface area contributed by atoms with Gasteiger partial charge in [0.05, 0.1) is 12.3 Å². The van der Waals surface area contributed by atoms with Crippen molar-refractivity contribution in [2.45, 2.75) is 30.9 Å². The molecule has 0 saturated carbocycles. The van der Waals surface area contributed by atoms with Crippen LogP contribution in [0.3, 0.4) is 0 Å². The van der Waals surface area contributed by atoms with Gasteiger partial charge < -0.3 is 5.11 Å². The summed E-state index contributed by atoms with van der Waals surface area (Å²) in [4.78, 5) is 0. The Labute approximate surface area is 163 Å². The van der Waals surface area contributed by atoms with Crippen LogP contribution in [0.5, 0.6) is 0 Å². The van der Waals surface area contributed by atoms with E-state index in [1.807, 2.05) is 0 Å². The van der Waals surface area contributed by atoms with Gasteiger partial charge in [0, 0.05) is 16.5 Å². The van der Waals surface area contributed by atoms with Crippen LogP contribution in [0.25, 0.3) is 0 Å². The Bertz CT molecular complexity index is 865. The summed E-state index contributed by atoms with van der Waals surface area (Å²) in [6.45, 7) is 1.67. The molecule has 1 aliphatic heterocycles. The molecule has 1 N–H and O–H groups in total. The molecule has 2 nitrogen and oxygen atoms in total. The zero-order valence-corrected chi connectivity index (χ0v) is 15.9. The molecular formula is C18H14Cl2F3NOS. The molecule has 0 aliphatic carbocycles. The van der Waals surface area contributed by atoms with Crippen LogP contribution >= 0.6 is 35.1 Å². The standard InChI is InChI=1S/C18H14Cl2F3NOS/c1-10-4-11(2-3-12(10)9-25)16-8-17(26-24-16,18(21,22)23)13-5-14(19)7-15(20)6-13/h2-7,25H,8-9H2,1H3. The van der Waals surface area contributed by atoms with Crippen molar-refractivity contribution in [2.24, 2.45) is 4.40 Å². The predicted octanol–water partition coefficient (Wildman–Crippen LogP) is 6.09. The molecule has 3 rings (SSSR count). The summed E-state index contributed by atoms with van der Waals surface area (Å²) in [6.07, 6.45) is -4.87. The molecule has 1 heterocycles. The van der Waals surface area contributed by atoms with E-state index >= 15 is 0 Å². The second-order valence-corrected chi connectivity index (χ2v) is 8.02. The summed E-state index contributed by atoms with van der Waals surface area (Å²) in [5, 5.41) is 9.55. The Morgan fingerprint density at radius 1 is 1.15 bits per heavy atom. The van der Waals surface area contributed by atoms with Crippen molar-refractivity contribution in [3.05, 3.63) is 68.7 Å². The summed E-state index contributed by atoms with van der Waals surface area (Å²) in [6, 6.07) is 9.08. The summed E-state index contributed by atoms with van der Waals surface area (Å²) >= 11 is 12.3. The van der Waals surface area contributed by atoms with Gasteiger partial charge in [0.2, 0.25) is 0 Å². The third kappa shape index (κ3) is 3.48. The fourth-order valence-electron chi connectivity index (χ4n) is 2.90.